The summed E-state index contributed by atoms with van der Waals surface area (Å²) >= 11 is 0. The number of nitrogens with one attached hydrogen (secondary N) is 2. The fourth-order valence-corrected chi connectivity index (χ4v) is 3.93. The first-order valence-electron chi connectivity index (χ1n) is 10.3. The van der Waals surface area contributed by atoms with Crippen LogP contribution in [0.2, 0.25) is 0 Å². The van der Waals surface area contributed by atoms with E-state index >= 15 is 0 Å². The SMILES string of the molecule is CNC(=O)c1ncc(N2CCN(Cc3cc(F)c4nc(C)c(=O)[nH]c4c3C)CC2)cc1F. The minimum atomic E-state index is -0.663. The van der Waals surface area contributed by atoms with Gasteiger partial charge in [-0.1, -0.05) is 0 Å². The summed E-state index contributed by atoms with van der Waals surface area (Å²) in [5, 5.41) is 2.36. The number of aromatic amines is 1. The van der Waals surface area contributed by atoms with Crippen molar-refractivity contribution in [3.63, 3.8) is 0 Å². The fourth-order valence-electron chi connectivity index (χ4n) is 3.93. The van der Waals surface area contributed by atoms with Gasteiger partial charge in [-0.05, 0) is 31.0 Å². The summed E-state index contributed by atoms with van der Waals surface area (Å²) in [7, 11) is 1.43. The Hall–Kier alpha value is -3.40. The molecular formula is C22H24F2N6O2. The standard InChI is InChI=1S/C22H24F2N6O2/c1-12-14(8-16(23)19-18(12)28-21(31)13(2)27-19)11-29-4-6-30(7-5-29)15-9-17(24)20(26-10-15)22(32)25-3/h8-10H,4-7,11H2,1-3H3,(H,25,32)(H,28,31). The van der Waals surface area contributed by atoms with E-state index in [4.69, 9.17) is 0 Å². The quantitative estimate of drug-likeness (QED) is 0.641. The Morgan fingerprint density at radius 3 is 2.53 bits per heavy atom. The summed E-state index contributed by atoms with van der Waals surface area (Å²) in [5.74, 6) is -1.69. The summed E-state index contributed by atoms with van der Waals surface area (Å²) in [5.41, 5.74) is 2.46. The molecule has 168 valence electrons. The van der Waals surface area contributed by atoms with Crippen molar-refractivity contribution in [2.75, 3.05) is 38.1 Å². The molecule has 32 heavy (non-hydrogen) atoms. The molecule has 0 atom stereocenters. The number of aryl methyl sites for hydroxylation is 2. The molecule has 1 fully saturated rings. The third kappa shape index (κ3) is 4.05. The van der Waals surface area contributed by atoms with Crippen LogP contribution >= 0.6 is 0 Å². The van der Waals surface area contributed by atoms with Gasteiger partial charge in [-0.2, -0.15) is 0 Å². The van der Waals surface area contributed by atoms with Crippen molar-refractivity contribution < 1.29 is 13.6 Å². The number of aromatic nitrogens is 3. The van der Waals surface area contributed by atoms with Crippen LogP contribution in [0.25, 0.3) is 11.0 Å². The van der Waals surface area contributed by atoms with Gasteiger partial charge in [0.1, 0.15) is 11.2 Å². The molecular weight excluding hydrogens is 418 g/mol. The van der Waals surface area contributed by atoms with E-state index in [1.165, 1.54) is 25.4 Å². The molecule has 4 rings (SSSR count). The Morgan fingerprint density at radius 2 is 1.88 bits per heavy atom. The number of H-pyrrole nitrogens is 1. The number of pyridine rings is 1. The minimum absolute atomic E-state index is 0.169. The number of carbonyl (C=O) groups is 1. The zero-order valence-electron chi connectivity index (χ0n) is 18.1. The van der Waals surface area contributed by atoms with Crippen molar-refractivity contribution in [1.82, 2.24) is 25.2 Å². The van der Waals surface area contributed by atoms with Crippen LogP contribution in [0.1, 0.15) is 27.3 Å². The number of benzene rings is 1. The van der Waals surface area contributed by atoms with Gasteiger partial charge in [0.25, 0.3) is 11.5 Å². The molecule has 3 aromatic rings. The maximum absolute atomic E-state index is 14.6. The van der Waals surface area contributed by atoms with Gasteiger partial charge in [-0.25, -0.2) is 18.7 Å². The zero-order valence-corrected chi connectivity index (χ0v) is 18.1. The van der Waals surface area contributed by atoms with Crippen LogP contribution < -0.4 is 15.8 Å². The molecule has 10 heteroatoms. The molecule has 1 aromatic carbocycles. The van der Waals surface area contributed by atoms with E-state index in [1.807, 2.05) is 11.8 Å². The maximum atomic E-state index is 14.6. The molecule has 1 aliphatic rings. The molecule has 0 bridgehead atoms. The van der Waals surface area contributed by atoms with E-state index in [-0.39, 0.29) is 22.5 Å². The van der Waals surface area contributed by atoms with Gasteiger partial charge in [-0.3, -0.25) is 14.5 Å². The molecule has 0 spiro atoms. The van der Waals surface area contributed by atoms with Crippen molar-refractivity contribution in [3.05, 3.63) is 62.8 Å². The van der Waals surface area contributed by atoms with Gasteiger partial charge in [0.05, 0.1) is 17.4 Å². The molecule has 8 nitrogen and oxygen atoms in total. The number of carbonyl (C=O) groups excluding carboxylic acids is 1. The lowest BCUT2D eigenvalue weighted by atomic mass is 10.0. The number of hydrogen-bond acceptors (Lipinski definition) is 6. The Balaban J connectivity index is 1.48. The molecule has 1 amide bonds. The Morgan fingerprint density at radius 1 is 1.16 bits per heavy atom. The second-order valence-corrected chi connectivity index (χ2v) is 7.88. The highest BCUT2D eigenvalue weighted by Crippen LogP contribution is 2.24. The highest BCUT2D eigenvalue weighted by molar-refractivity contribution is 5.92. The fraction of sp³-hybridized carbons (Fsp3) is 0.364. The van der Waals surface area contributed by atoms with Crippen LogP contribution in [0, 0.1) is 25.5 Å². The Labute approximate surface area is 183 Å². The third-order valence-electron chi connectivity index (χ3n) is 5.87. The number of rotatable bonds is 4. The van der Waals surface area contributed by atoms with Gasteiger partial charge in [0.2, 0.25) is 0 Å². The number of piperazine rings is 1. The van der Waals surface area contributed by atoms with Gasteiger partial charge < -0.3 is 15.2 Å². The highest BCUT2D eigenvalue weighted by Gasteiger charge is 2.22. The zero-order chi connectivity index (χ0) is 23.0. The second-order valence-electron chi connectivity index (χ2n) is 7.88. The van der Waals surface area contributed by atoms with Gasteiger partial charge in [-0.15, -0.1) is 0 Å². The van der Waals surface area contributed by atoms with Crippen LogP contribution in [0.3, 0.4) is 0 Å². The monoisotopic (exact) mass is 442 g/mol. The van der Waals surface area contributed by atoms with Gasteiger partial charge in [0, 0.05) is 45.8 Å². The van der Waals surface area contributed by atoms with Crippen molar-refractivity contribution >= 4 is 22.6 Å². The van der Waals surface area contributed by atoms with Gasteiger partial charge >= 0.3 is 0 Å². The summed E-state index contributed by atoms with van der Waals surface area (Å²) in [6, 6.07) is 2.80. The van der Waals surface area contributed by atoms with Crippen molar-refractivity contribution in [2.24, 2.45) is 0 Å². The number of halogens is 2. The van der Waals surface area contributed by atoms with Gasteiger partial charge in [0.15, 0.2) is 17.3 Å². The Bertz CT molecular complexity index is 1250. The molecule has 0 saturated carbocycles. The van der Waals surface area contributed by atoms with E-state index in [9.17, 15) is 18.4 Å². The van der Waals surface area contributed by atoms with Crippen LogP contribution in [-0.4, -0.2) is 59.0 Å². The lowest BCUT2D eigenvalue weighted by Gasteiger charge is -2.36. The molecule has 0 unspecified atom stereocenters. The van der Waals surface area contributed by atoms with Crippen molar-refractivity contribution in [1.29, 1.82) is 0 Å². The lowest BCUT2D eigenvalue weighted by Crippen LogP contribution is -2.46. The van der Waals surface area contributed by atoms with E-state index in [2.05, 4.69) is 25.2 Å². The molecule has 1 aliphatic heterocycles. The summed E-state index contributed by atoms with van der Waals surface area (Å²) in [6.45, 7) is 6.54. The summed E-state index contributed by atoms with van der Waals surface area (Å²) in [4.78, 5) is 38.5. The molecule has 0 radical (unpaired) electrons. The smallest absolute Gasteiger partial charge is 0.272 e. The van der Waals surface area contributed by atoms with Crippen LogP contribution in [0.15, 0.2) is 23.1 Å². The number of hydrogen-bond donors (Lipinski definition) is 2. The predicted octanol–water partition coefficient (Wildman–Crippen LogP) is 1.89. The van der Waals surface area contributed by atoms with Crippen molar-refractivity contribution in [2.45, 2.75) is 20.4 Å². The Kier molecular flexibility index (Phi) is 5.88. The number of amides is 1. The first kappa shape index (κ1) is 21.8. The normalized spacial score (nSPS) is 14.7. The molecule has 1 saturated heterocycles. The molecule has 0 aliphatic carbocycles. The van der Waals surface area contributed by atoms with E-state index in [0.29, 0.717) is 43.9 Å². The number of anilines is 1. The maximum Gasteiger partial charge on any atom is 0.272 e. The average molecular weight is 442 g/mol. The summed E-state index contributed by atoms with van der Waals surface area (Å²) < 4.78 is 28.9. The first-order chi connectivity index (χ1) is 15.3. The largest absolute Gasteiger partial charge is 0.368 e. The number of nitrogens with zero attached hydrogens (tertiary/aromatic N) is 4. The highest BCUT2D eigenvalue weighted by atomic mass is 19.1. The summed E-state index contributed by atoms with van der Waals surface area (Å²) in [6.07, 6.45) is 1.50. The lowest BCUT2D eigenvalue weighted by molar-refractivity contribution is 0.0953. The van der Waals surface area contributed by atoms with Crippen LogP contribution in [0.5, 0.6) is 0 Å². The molecule has 3 heterocycles. The van der Waals surface area contributed by atoms with E-state index in [1.54, 1.807) is 6.92 Å². The van der Waals surface area contributed by atoms with Crippen LogP contribution in [0.4, 0.5) is 14.5 Å². The van der Waals surface area contributed by atoms with E-state index in [0.717, 1.165) is 11.1 Å². The topological polar surface area (TPSA) is 94.2 Å². The van der Waals surface area contributed by atoms with Crippen molar-refractivity contribution in [3.8, 4) is 0 Å². The van der Waals surface area contributed by atoms with Crippen LogP contribution in [-0.2, 0) is 6.54 Å². The number of fused-ring (bicyclic) bond motifs is 1. The minimum Gasteiger partial charge on any atom is -0.368 e. The van der Waals surface area contributed by atoms with E-state index < -0.39 is 17.5 Å². The third-order valence-corrected chi connectivity index (χ3v) is 5.87. The second kappa shape index (κ2) is 8.62. The molecule has 2 N–H and O–H groups in total. The molecule has 2 aromatic heterocycles. The first-order valence-corrected chi connectivity index (χ1v) is 10.3. The average Bonchev–Trinajstić information content (AvgIpc) is 2.78. The predicted molar refractivity (Wildman–Crippen MR) is 117 cm³/mol.